The van der Waals surface area contributed by atoms with Crippen LogP contribution in [0.1, 0.15) is 31.1 Å². The molecule has 1 aromatic carbocycles. The van der Waals surface area contributed by atoms with Crippen molar-refractivity contribution in [2.24, 2.45) is 5.92 Å². The molecule has 0 fully saturated rings. The Hall–Kier alpha value is -1.68. The van der Waals surface area contributed by atoms with Crippen LogP contribution in [0.4, 0.5) is 0 Å². The van der Waals surface area contributed by atoms with Gasteiger partial charge in [0.1, 0.15) is 4.90 Å². The highest BCUT2D eigenvalue weighted by molar-refractivity contribution is 7.89. The van der Waals surface area contributed by atoms with Crippen molar-refractivity contribution in [3.8, 4) is 0 Å². The molecule has 1 aromatic rings. The van der Waals surface area contributed by atoms with Crippen LogP contribution < -0.4 is 5.32 Å². The van der Waals surface area contributed by atoms with E-state index in [1.54, 1.807) is 0 Å². The molecule has 1 atom stereocenters. The van der Waals surface area contributed by atoms with E-state index in [1.165, 1.54) is 26.3 Å². The molecule has 1 amide bonds. The average Bonchev–Trinajstić information content (AvgIpc) is 2.58. The SMILES string of the molecule is CON(C)S(=O)(=O)c1cc(C(=O)OCC(=O)N[C@@H](C)C(C)C)ccc1Cl. The highest BCUT2D eigenvalue weighted by Crippen LogP contribution is 2.25. The van der Waals surface area contributed by atoms with Crippen LogP contribution in [0.15, 0.2) is 23.1 Å². The summed E-state index contributed by atoms with van der Waals surface area (Å²) in [6.07, 6.45) is 0. The number of hydrogen-bond donors (Lipinski definition) is 1. The van der Waals surface area contributed by atoms with Gasteiger partial charge in [-0.3, -0.25) is 9.63 Å². The van der Waals surface area contributed by atoms with Gasteiger partial charge in [-0.2, -0.15) is 0 Å². The van der Waals surface area contributed by atoms with Crippen LogP contribution in [0.3, 0.4) is 0 Å². The summed E-state index contributed by atoms with van der Waals surface area (Å²) in [5.41, 5.74) is -0.0535. The molecule has 26 heavy (non-hydrogen) atoms. The minimum absolute atomic E-state index is 0.0535. The van der Waals surface area contributed by atoms with Crippen molar-refractivity contribution in [2.45, 2.75) is 31.7 Å². The summed E-state index contributed by atoms with van der Waals surface area (Å²) >= 11 is 5.92. The number of carbonyl (C=O) groups is 2. The Morgan fingerprint density at radius 3 is 2.42 bits per heavy atom. The fraction of sp³-hybridized carbons (Fsp3) is 0.500. The fourth-order valence-electron chi connectivity index (χ4n) is 1.74. The molecule has 0 bridgehead atoms. The van der Waals surface area contributed by atoms with Gasteiger partial charge in [-0.25, -0.2) is 13.2 Å². The number of esters is 1. The van der Waals surface area contributed by atoms with E-state index in [4.69, 9.17) is 16.3 Å². The largest absolute Gasteiger partial charge is 0.452 e. The number of nitrogens with one attached hydrogen (secondary N) is 1. The second kappa shape index (κ2) is 9.31. The van der Waals surface area contributed by atoms with Crippen LogP contribution in [0.25, 0.3) is 0 Å². The molecule has 10 heteroatoms. The zero-order valence-electron chi connectivity index (χ0n) is 15.3. The van der Waals surface area contributed by atoms with Crippen molar-refractivity contribution >= 4 is 33.5 Å². The number of nitrogens with zero attached hydrogens (tertiary/aromatic N) is 1. The lowest BCUT2D eigenvalue weighted by Crippen LogP contribution is -2.38. The van der Waals surface area contributed by atoms with Gasteiger partial charge < -0.3 is 10.1 Å². The van der Waals surface area contributed by atoms with Crippen LogP contribution in [-0.2, 0) is 24.4 Å². The van der Waals surface area contributed by atoms with Gasteiger partial charge in [0.15, 0.2) is 6.61 Å². The number of sulfonamides is 1. The summed E-state index contributed by atoms with van der Waals surface area (Å²) in [6.45, 7) is 5.26. The van der Waals surface area contributed by atoms with Crippen molar-refractivity contribution in [1.29, 1.82) is 0 Å². The standard InChI is InChI=1S/C16H23ClN2O6S/c1-10(2)11(3)18-15(20)9-25-16(21)12-6-7-13(17)14(8-12)26(22,23)19(4)24-5/h6-8,10-11H,9H2,1-5H3,(H,18,20)/t11-/m0/s1. The smallest absolute Gasteiger partial charge is 0.338 e. The normalized spacial score (nSPS) is 12.9. The Balaban J connectivity index is 2.89. The molecule has 146 valence electrons. The first kappa shape index (κ1) is 22.4. The van der Waals surface area contributed by atoms with Crippen molar-refractivity contribution in [2.75, 3.05) is 20.8 Å². The Bertz CT molecular complexity index is 766. The van der Waals surface area contributed by atoms with Crippen LogP contribution in [0, 0.1) is 5.92 Å². The fourth-order valence-corrected chi connectivity index (χ4v) is 3.21. The highest BCUT2D eigenvalue weighted by Gasteiger charge is 2.25. The number of ether oxygens (including phenoxy) is 1. The molecule has 1 rings (SSSR count). The number of rotatable bonds is 8. The summed E-state index contributed by atoms with van der Waals surface area (Å²) in [4.78, 5) is 28.3. The van der Waals surface area contributed by atoms with Crippen LogP contribution in [0.5, 0.6) is 0 Å². The number of hydroxylamine groups is 1. The van der Waals surface area contributed by atoms with E-state index in [0.29, 0.717) is 4.47 Å². The number of amides is 1. The maximum atomic E-state index is 12.3. The zero-order chi connectivity index (χ0) is 20.1. The molecular formula is C16H23ClN2O6S. The van der Waals surface area contributed by atoms with Gasteiger partial charge in [0.05, 0.1) is 17.7 Å². The van der Waals surface area contributed by atoms with Gasteiger partial charge in [-0.1, -0.05) is 29.9 Å². The Kier molecular flexibility index (Phi) is 8.01. The summed E-state index contributed by atoms with van der Waals surface area (Å²) < 4.78 is 30.2. The topological polar surface area (TPSA) is 102 Å². The summed E-state index contributed by atoms with van der Waals surface area (Å²) in [5.74, 6) is -1.05. The van der Waals surface area contributed by atoms with Gasteiger partial charge >= 0.3 is 5.97 Å². The monoisotopic (exact) mass is 406 g/mol. The van der Waals surface area contributed by atoms with Gasteiger partial charge in [0.2, 0.25) is 0 Å². The minimum Gasteiger partial charge on any atom is -0.452 e. The summed E-state index contributed by atoms with van der Waals surface area (Å²) in [6, 6.07) is 3.57. The number of hydrogen-bond acceptors (Lipinski definition) is 6. The Morgan fingerprint density at radius 1 is 1.27 bits per heavy atom. The van der Waals surface area contributed by atoms with E-state index in [9.17, 15) is 18.0 Å². The zero-order valence-corrected chi connectivity index (χ0v) is 16.8. The molecule has 0 radical (unpaired) electrons. The maximum Gasteiger partial charge on any atom is 0.338 e. The molecular weight excluding hydrogens is 384 g/mol. The summed E-state index contributed by atoms with van der Waals surface area (Å²) in [7, 11) is -1.67. The molecule has 0 heterocycles. The molecule has 0 aliphatic rings. The molecule has 8 nitrogen and oxygen atoms in total. The first-order valence-corrected chi connectivity index (χ1v) is 9.61. The van der Waals surface area contributed by atoms with Crippen LogP contribution in [0.2, 0.25) is 5.02 Å². The van der Waals surface area contributed by atoms with Crippen molar-refractivity contribution < 1.29 is 27.6 Å². The van der Waals surface area contributed by atoms with Crippen LogP contribution in [-0.4, -0.2) is 51.6 Å². The molecule has 0 saturated carbocycles. The third-order valence-electron chi connectivity index (χ3n) is 3.76. The van der Waals surface area contributed by atoms with E-state index in [0.717, 1.165) is 6.07 Å². The third kappa shape index (κ3) is 5.66. The van der Waals surface area contributed by atoms with E-state index in [2.05, 4.69) is 10.2 Å². The van der Waals surface area contributed by atoms with Crippen molar-refractivity contribution in [3.05, 3.63) is 28.8 Å². The Morgan fingerprint density at radius 2 is 1.88 bits per heavy atom. The van der Waals surface area contributed by atoms with Crippen LogP contribution >= 0.6 is 11.6 Å². The van der Waals surface area contributed by atoms with Crippen molar-refractivity contribution in [3.63, 3.8) is 0 Å². The molecule has 0 aliphatic heterocycles. The summed E-state index contributed by atoms with van der Waals surface area (Å²) in [5, 5.41) is 2.62. The maximum absolute atomic E-state index is 12.3. The van der Waals surface area contributed by atoms with Gasteiger partial charge in [-0.15, -0.1) is 0 Å². The molecule has 0 aromatic heterocycles. The predicted molar refractivity (Wildman–Crippen MR) is 96.1 cm³/mol. The number of benzene rings is 1. The van der Waals surface area contributed by atoms with Gasteiger partial charge in [0.25, 0.3) is 15.9 Å². The average molecular weight is 407 g/mol. The number of carbonyl (C=O) groups excluding carboxylic acids is 2. The lowest BCUT2D eigenvalue weighted by Gasteiger charge is -2.17. The minimum atomic E-state index is -4.04. The third-order valence-corrected chi connectivity index (χ3v) is 5.92. The first-order valence-electron chi connectivity index (χ1n) is 7.79. The number of halogens is 1. The van der Waals surface area contributed by atoms with Gasteiger partial charge in [-0.05, 0) is 31.0 Å². The first-order chi connectivity index (χ1) is 12.0. The van der Waals surface area contributed by atoms with Gasteiger partial charge in [0, 0.05) is 13.1 Å². The van der Waals surface area contributed by atoms with Crippen molar-refractivity contribution in [1.82, 2.24) is 9.79 Å². The van der Waals surface area contributed by atoms with E-state index in [1.807, 2.05) is 20.8 Å². The molecule has 0 saturated heterocycles. The predicted octanol–water partition coefficient (Wildman–Crippen LogP) is 1.84. The second-order valence-corrected chi connectivity index (χ2v) is 8.23. The van der Waals surface area contributed by atoms with E-state index in [-0.39, 0.29) is 27.4 Å². The highest BCUT2D eigenvalue weighted by atomic mass is 35.5. The van der Waals surface area contributed by atoms with E-state index < -0.39 is 28.5 Å². The molecule has 0 spiro atoms. The second-order valence-electron chi connectivity index (χ2n) is 5.92. The molecule has 0 aliphatic carbocycles. The Labute approximate surface area is 158 Å². The molecule has 0 unspecified atom stereocenters. The molecule has 1 N–H and O–H groups in total. The lowest BCUT2D eigenvalue weighted by molar-refractivity contribution is -0.125. The quantitative estimate of drug-likeness (QED) is 0.522. The lowest BCUT2D eigenvalue weighted by atomic mass is 10.1. The van der Waals surface area contributed by atoms with E-state index >= 15 is 0 Å².